The number of anilines is 1. The van der Waals surface area contributed by atoms with Gasteiger partial charge >= 0.3 is 6.18 Å². The smallest absolute Gasteiger partial charge is 0.344 e. The maximum atomic E-state index is 15.6. The zero-order chi connectivity index (χ0) is 48.9. The largest absolute Gasteiger partial charge is 0.433 e. The number of carbonyl (C=O) groups excluding carboxylic acids is 1. The third kappa shape index (κ3) is 8.47. The summed E-state index contributed by atoms with van der Waals surface area (Å²) < 4.78 is 187. The fourth-order valence-electron chi connectivity index (χ4n) is 8.54. The van der Waals surface area contributed by atoms with Gasteiger partial charge in [0.1, 0.15) is 47.6 Å². The minimum atomic E-state index is -4.92. The van der Waals surface area contributed by atoms with E-state index in [1.807, 2.05) is 0 Å². The van der Waals surface area contributed by atoms with E-state index in [-0.39, 0.29) is 38.9 Å². The van der Waals surface area contributed by atoms with Crippen molar-refractivity contribution in [3.05, 3.63) is 122 Å². The van der Waals surface area contributed by atoms with Gasteiger partial charge in [-0.15, -0.1) is 0 Å². The van der Waals surface area contributed by atoms with Crippen molar-refractivity contribution in [3.8, 4) is 17.1 Å². The molecular weight excluding hydrogens is 973 g/mol. The summed E-state index contributed by atoms with van der Waals surface area (Å²) in [6.45, 7) is -2.41. The molecule has 356 valence electrons. The second-order valence-electron chi connectivity index (χ2n) is 16.0. The van der Waals surface area contributed by atoms with Crippen LogP contribution >= 0.6 is 11.6 Å². The van der Waals surface area contributed by atoms with Gasteiger partial charge < -0.3 is 5.32 Å². The molecule has 0 bridgehead atoms. The highest BCUT2D eigenvalue weighted by Gasteiger charge is 2.67. The number of hydrogen-bond acceptors (Lipinski definition) is 9. The number of alkyl halides is 9. The molecule has 68 heavy (non-hydrogen) atoms. The first-order valence-electron chi connectivity index (χ1n) is 19.8. The van der Waals surface area contributed by atoms with Crippen LogP contribution in [0, 0.1) is 17.6 Å². The van der Waals surface area contributed by atoms with E-state index in [9.17, 15) is 52.7 Å². The van der Waals surface area contributed by atoms with Gasteiger partial charge in [-0.1, -0.05) is 17.7 Å². The average Bonchev–Trinajstić information content (AvgIpc) is 3.76. The second-order valence-corrected chi connectivity index (χ2v) is 18.1. The number of aromatic nitrogens is 8. The van der Waals surface area contributed by atoms with Crippen LogP contribution in [0.3, 0.4) is 0 Å². The van der Waals surface area contributed by atoms with E-state index in [0.29, 0.717) is 21.5 Å². The third-order valence-corrected chi connectivity index (χ3v) is 12.1. The molecular formula is C41H28ClF11N10O4S. The number of carbonyl (C=O) groups is 1. The lowest BCUT2D eigenvalue weighted by Gasteiger charge is -2.24. The van der Waals surface area contributed by atoms with Crippen molar-refractivity contribution in [2.24, 2.45) is 5.92 Å². The minimum Gasteiger partial charge on any atom is -0.344 e. The molecule has 9 rings (SSSR count). The zero-order valence-corrected chi connectivity index (χ0v) is 35.7. The molecule has 4 aromatic heterocycles. The van der Waals surface area contributed by atoms with E-state index in [0.717, 1.165) is 59.5 Å². The van der Waals surface area contributed by atoms with Crippen LogP contribution in [0.25, 0.3) is 38.9 Å². The number of sulfonamides is 1. The predicted octanol–water partition coefficient (Wildman–Crippen LogP) is 8.22. The Bertz CT molecular complexity index is 3380. The van der Waals surface area contributed by atoms with Crippen LogP contribution in [0.4, 0.5) is 54.1 Å². The molecule has 0 unspecified atom stereocenters. The lowest BCUT2D eigenvalue weighted by molar-refractivity contribution is -0.141. The maximum Gasteiger partial charge on any atom is 0.433 e. The number of fused-ring (bicyclic) bond motifs is 5. The third-order valence-electron chi connectivity index (χ3n) is 11.2. The number of benzene rings is 3. The summed E-state index contributed by atoms with van der Waals surface area (Å²) in [5.74, 6) is -11.2. The minimum absolute atomic E-state index is 0.101. The molecule has 1 amide bonds. The van der Waals surface area contributed by atoms with Crippen molar-refractivity contribution >= 4 is 55.2 Å². The summed E-state index contributed by atoms with van der Waals surface area (Å²) in [5, 5.41) is 9.15. The molecule has 1 saturated carbocycles. The summed E-state index contributed by atoms with van der Waals surface area (Å²) in [5.41, 5.74) is -6.33. The Morgan fingerprint density at radius 3 is 2.35 bits per heavy atom. The van der Waals surface area contributed by atoms with Crippen LogP contribution in [0.1, 0.15) is 58.8 Å². The maximum absolute atomic E-state index is 15.6. The monoisotopic (exact) mass is 1000 g/mol. The van der Waals surface area contributed by atoms with Gasteiger partial charge in [0, 0.05) is 35.7 Å². The molecule has 0 saturated heterocycles. The number of hydrogen-bond donors (Lipinski definition) is 2. The van der Waals surface area contributed by atoms with E-state index < -0.39 is 147 Å². The first-order valence-corrected chi connectivity index (χ1v) is 22.1. The van der Waals surface area contributed by atoms with Crippen LogP contribution in [-0.2, 0) is 46.4 Å². The molecule has 2 aliphatic carbocycles. The molecule has 2 aliphatic rings. The summed E-state index contributed by atoms with van der Waals surface area (Å²) in [6, 6.07) is 6.46. The molecule has 2 N–H and O–H groups in total. The van der Waals surface area contributed by atoms with Crippen molar-refractivity contribution in [3.63, 3.8) is 0 Å². The fourth-order valence-corrected chi connectivity index (χ4v) is 9.28. The van der Waals surface area contributed by atoms with Crippen molar-refractivity contribution in [2.75, 3.05) is 11.0 Å². The molecule has 7 aromatic rings. The molecule has 4 heterocycles. The van der Waals surface area contributed by atoms with Gasteiger partial charge in [-0.3, -0.25) is 28.2 Å². The van der Waals surface area contributed by atoms with Crippen LogP contribution in [0.15, 0.2) is 65.6 Å². The number of halogens is 12. The molecule has 0 spiro atoms. The molecule has 14 nitrogen and oxygen atoms in total. The summed E-state index contributed by atoms with van der Waals surface area (Å²) in [4.78, 5) is 41.3. The highest BCUT2D eigenvalue weighted by molar-refractivity contribution is 7.92. The van der Waals surface area contributed by atoms with Gasteiger partial charge in [-0.25, -0.2) is 49.7 Å². The van der Waals surface area contributed by atoms with Gasteiger partial charge in [0.05, 0.1) is 44.8 Å². The van der Waals surface area contributed by atoms with Gasteiger partial charge in [0.2, 0.25) is 15.9 Å². The molecule has 1 fully saturated rings. The standard InChI is InChI=1S/C41H28ClF11N10O4S/c1-68(66,67)60-37-31-23(42)4-5-26(33(31)61(59-37)14-28(45)46)63-38(56-24-11-17(2-3-20(24)39(63)65)36-54-7-6-27(57-36)41(51,52)53)25(10-16-8-18(43)12-19(44)9-16)55-29(64)15-62-34-30(32(58-62)35(47)48)21-13-22(21)40(34,49)50/h2-9,11-12,21-22,25,28,35H,10,13-15H2,1H3,(H,55,64)(H,59,60)/t21-,22+,25-/m0/s1. The van der Waals surface area contributed by atoms with E-state index in [1.165, 1.54) is 0 Å². The van der Waals surface area contributed by atoms with E-state index in [1.54, 1.807) is 0 Å². The number of rotatable bonds is 13. The van der Waals surface area contributed by atoms with Crippen LogP contribution in [0.2, 0.25) is 5.02 Å². The van der Waals surface area contributed by atoms with Crippen LogP contribution in [0.5, 0.6) is 0 Å². The normalized spacial score (nSPS) is 17.0. The lowest BCUT2D eigenvalue weighted by atomic mass is 10.0. The Hall–Kier alpha value is -6.70. The zero-order valence-electron chi connectivity index (χ0n) is 34.1. The van der Waals surface area contributed by atoms with Crippen molar-refractivity contribution in [1.82, 2.24) is 44.4 Å². The van der Waals surface area contributed by atoms with Gasteiger partial charge in [-0.05, 0) is 60.4 Å². The van der Waals surface area contributed by atoms with Gasteiger partial charge in [0.15, 0.2) is 11.6 Å². The van der Waals surface area contributed by atoms with Crippen LogP contribution in [-0.4, -0.2) is 66.1 Å². The Kier molecular flexibility index (Phi) is 11.3. The first-order chi connectivity index (χ1) is 31.9. The summed E-state index contributed by atoms with van der Waals surface area (Å²) in [6.07, 6.45) is -10.7. The topological polar surface area (TPSA) is 172 Å². The Labute approximate surface area is 378 Å². The number of amides is 1. The Morgan fingerprint density at radius 1 is 0.971 bits per heavy atom. The highest BCUT2D eigenvalue weighted by atomic mass is 35.5. The molecule has 3 atom stereocenters. The fraction of sp³-hybridized carbons (Fsp3) is 0.293. The quantitative estimate of drug-likeness (QED) is 0.108. The van der Waals surface area contributed by atoms with Crippen molar-refractivity contribution in [1.29, 1.82) is 0 Å². The summed E-state index contributed by atoms with van der Waals surface area (Å²) >= 11 is 6.53. The van der Waals surface area contributed by atoms with Crippen molar-refractivity contribution in [2.45, 2.75) is 62.8 Å². The number of nitrogens with one attached hydrogen (secondary N) is 2. The first kappa shape index (κ1) is 46.4. The summed E-state index contributed by atoms with van der Waals surface area (Å²) in [7, 11) is -4.20. The molecule has 0 aliphatic heterocycles. The highest BCUT2D eigenvalue weighted by Crippen LogP contribution is 2.68. The number of nitrogens with zero attached hydrogens (tertiary/aromatic N) is 8. The molecule has 27 heteroatoms. The second kappa shape index (κ2) is 16.5. The molecule has 3 aromatic carbocycles. The molecule has 0 radical (unpaired) electrons. The Morgan fingerprint density at radius 2 is 1.69 bits per heavy atom. The average molecular weight is 1000 g/mol. The van der Waals surface area contributed by atoms with E-state index >= 15 is 13.6 Å². The predicted molar refractivity (Wildman–Crippen MR) is 219 cm³/mol. The van der Waals surface area contributed by atoms with Crippen molar-refractivity contribution < 1.29 is 61.5 Å². The van der Waals surface area contributed by atoms with E-state index in [4.69, 9.17) is 11.6 Å². The lowest BCUT2D eigenvalue weighted by Crippen LogP contribution is -2.38. The van der Waals surface area contributed by atoms with Crippen LogP contribution < -0.4 is 15.6 Å². The Balaban J connectivity index is 1.29. The van der Waals surface area contributed by atoms with Gasteiger partial charge in [-0.2, -0.15) is 32.1 Å². The van der Waals surface area contributed by atoms with E-state index in [2.05, 4.69) is 35.2 Å². The van der Waals surface area contributed by atoms with Gasteiger partial charge in [0.25, 0.3) is 24.3 Å². The SMILES string of the molecule is CS(=O)(=O)Nc1nn(CC(F)F)c2c(-n3c([C@H](Cc4cc(F)cc(F)c4)NC(=O)Cn4nc(C(F)F)c5c4C(F)(F)[C@@H]4C[C@H]54)nc4cc(-c5nccc(C(F)(F)F)n5)ccc4c3=O)ccc(Cl)c12.